The van der Waals surface area contributed by atoms with Gasteiger partial charge in [0.15, 0.2) is 11.5 Å². The van der Waals surface area contributed by atoms with Crippen LogP contribution in [-0.2, 0) is 19.6 Å². The first-order valence-electron chi connectivity index (χ1n) is 9.67. The summed E-state index contributed by atoms with van der Waals surface area (Å²) in [4.78, 5) is 0. The monoisotopic (exact) mass is 445 g/mol. The van der Waals surface area contributed by atoms with Crippen molar-refractivity contribution in [3.05, 3.63) is 87.4 Å². The number of hydrogen-bond donors (Lipinski definition) is 1. The smallest absolute Gasteiger partial charge is 0.166 e. The molecule has 4 nitrogen and oxygen atoms in total. The summed E-state index contributed by atoms with van der Waals surface area (Å²) in [7, 11) is 3.33. The maximum absolute atomic E-state index is 6.28. The molecule has 0 atom stereocenters. The lowest BCUT2D eigenvalue weighted by molar-refractivity contribution is 0.280. The van der Waals surface area contributed by atoms with Crippen LogP contribution < -0.4 is 19.5 Å². The zero-order valence-electron chi connectivity index (χ0n) is 17.1. The Hall–Kier alpha value is -2.40. The molecule has 0 fully saturated rings. The molecule has 158 valence electrons. The SMILES string of the molecule is COc1ccccc1CCNCc1cccc(OC)c1OCc1ccc(Cl)cc1Cl. The minimum absolute atomic E-state index is 0.324. The van der Waals surface area contributed by atoms with Crippen LogP contribution in [-0.4, -0.2) is 20.8 Å². The lowest BCUT2D eigenvalue weighted by Crippen LogP contribution is -2.17. The van der Waals surface area contributed by atoms with Crippen LogP contribution in [0.4, 0.5) is 0 Å². The molecule has 0 saturated heterocycles. The van der Waals surface area contributed by atoms with Gasteiger partial charge in [-0.15, -0.1) is 0 Å². The Labute approximate surface area is 187 Å². The van der Waals surface area contributed by atoms with E-state index in [0.29, 0.717) is 34.7 Å². The fourth-order valence-corrected chi connectivity index (χ4v) is 3.63. The third kappa shape index (κ3) is 5.82. The van der Waals surface area contributed by atoms with Crippen LogP contribution in [0, 0.1) is 0 Å². The summed E-state index contributed by atoms with van der Waals surface area (Å²) < 4.78 is 17.0. The lowest BCUT2D eigenvalue weighted by atomic mass is 10.1. The van der Waals surface area contributed by atoms with Gasteiger partial charge in [-0.05, 0) is 42.8 Å². The lowest BCUT2D eigenvalue weighted by Gasteiger charge is -2.16. The van der Waals surface area contributed by atoms with E-state index in [9.17, 15) is 0 Å². The Bertz CT molecular complexity index is 978. The second-order valence-corrected chi connectivity index (χ2v) is 7.56. The van der Waals surface area contributed by atoms with Gasteiger partial charge in [-0.25, -0.2) is 0 Å². The number of rotatable bonds is 10. The van der Waals surface area contributed by atoms with Gasteiger partial charge in [0, 0.05) is 27.7 Å². The fourth-order valence-electron chi connectivity index (χ4n) is 3.17. The highest BCUT2D eigenvalue weighted by Crippen LogP contribution is 2.32. The zero-order chi connectivity index (χ0) is 21.3. The van der Waals surface area contributed by atoms with Crippen molar-refractivity contribution in [2.45, 2.75) is 19.6 Å². The van der Waals surface area contributed by atoms with Crippen molar-refractivity contribution in [3.63, 3.8) is 0 Å². The second kappa shape index (κ2) is 11.1. The highest BCUT2D eigenvalue weighted by molar-refractivity contribution is 6.35. The summed E-state index contributed by atoms with van der Waals surface area (Å²) in [5.41, 5.74) is 3.05. The molecule has 0 aliphatic carbocycles. The van der Waals surface area contributed by atoms with Crippen molar-refractivity contribution < 1.29 is 14.2 Å². The molecule has 0 aliphatic heterocycles. The molecule has 0 bridgehead atoms. The van der Waals surface area contributed by atoms with E-state index in [-0.39, 0.29) is 0 Å². The molecule has 0 unspecified atom stereocenters. The highest BCUT2D eigenvalue weighted by atomic mass is 35.5. The maximum atomic E-state index is 6.28. The van der Waals surface area contributed by atoms with Gasteiger partial charge < -0.3 is 19.5 Å². The minimum Gasteiger partial charge on any atom is -0.496 e. The molecule has 0 heterocycles. The van der Waals surface area contributed by atoms with Crippen LogP contribution in [0.1, 0.15) is 16.7 Å². The van der Waals surface area contributed by atoms with Gasteiger partial charge in [-0.2, -0.15) is 0 Å². The van der Waals surface area contributed by atoms with Gasteiger partial charge in [0.05, 0.1) is 14.2 Å². The number of ether oxygens (including phenoxy) is 3. The van der Waals surface area contributed by atoms with Gasteiger partial charge in [-0.1, -0.05) is 59.6 Å². The van der Waals surface area contributed by atoms with Gasteiger partial charge in [0.2, 0.25) is 0 Å². The largest absolute Gasteiger partial charge is 0.496 e. The van der Waals surface area contributed by atoms with Crippen molar-refractivity contribution >= 4 is 23.2 Å². The van der Waals surface area contributed by atoms with Crippen LogP contribution in [0.3, 0.4) is 0 Å². The molecule has 0 saturated carbocycles. The Balaban J connectivity index is 1.64. The molecule has 3 rings (SSSR count). The number of benzene rings is 3. The maximum Gasteiger partial charge on any atom is 0.166 e. The molecule has 0 aromatic heterocycles. The Morgan fingerprint density at radius 2 is 1.53 bits per heavy atom. The summed E-state index contributed by atoms with van der Waals surface area (Å²) in [5.74, 6) is 2.30. The first kappa shape index (κ1) is 22.3. The van der Waals surface area contributed by atoms with Crippen molar-refractivity contribution in [2.75, 3.05) is 20.8 Å². The molecule has 0 amide bonds. The van der Waals surface area contributed by atoms with Crippen molar-refractivity contribution in [1.82, 2.24) is 5.32 Å². The van der Waals surface area contributed by atoms with Crippen LogP contribution in [0.5, 0.6) is 17.2 Å². The van der Waals surface area contributed by atoms with E-state index in [1.165, 1.54) is 5.56 Å². The minimum atomic E-state index is 0.324. The number of para-hydroxylation sites is 2. The van der Waals surface area contributed by atoms with Crippen molar-refractivity contribution in [2.24, 2.45) is 0 Å². The van der Waals surface area contributed by atoms with Gasteiger partial charge in [-0.3, -0.25) is 0 Å². The zero-order valence-corrected chi connectivity index (χ0v) is 18.6. The highest BCUT2D eigenvalue weighted by Gasteiger charge is 2.12. The van der Waals surface area contributed by atoms with Gasteiger partial charge >= 0.3 is 0 Å². The first-order valence-corrected chi connectivity index (χ1v) is 10.4. The average Bonchev–Trinajstić information content (AvgIpc) is 2.76. The molecule has 1 N–H and O–H groups in total. The summed E-state index contributed by atoms with van der Waals surface area (Å²) in [5, 5.41) is 4.65. The molecular formula is C24H25Cl2NO3. The summed E-state index contributed by atoms with van der Waals surface area (Å²) in [6.07, 6.45) is 0.866. The second-order valence-electron chi connectivity index (χ2n) is 6.71. The van der Waals surface area contributed by atoms with E-state index in [0.717, 1.165) is 29.8 Å². The van der Waals surface area contributed by atoms with E-state index in [1.54, 1.807) is 26.4 Å². The van der Waals surface area contributed by atoms with Crippen LogP contribution in [0.25, 0.3) is 0 Å². The van der Waals surface area contributed by atoms with Crippen LogP contribution >= 0.6 is 23.2 Å². The molecule has 0 spiro atoms. The normalized spacial score (nSPS) is 10.7. The Morgan fingerprint density at radius 3 is 2.30 bits per heavy atom. The van der Waals surface area contributed by atoms with E-state index in [1.807, 2.05) is 42.5 Å². The Kier molecular flexibility index (Phi) is 8.26. The summed E-state index contributed by atoms with van der Waals surface area (Å²) in [6, 6.07) is 19.3. The van der Waals surface area contributed by atoms with Gasteiger partial charge in [0.1, 0.15) is 12.4 Å². The third-order valence-electron chi connectivity index (χ3n) is 4.75. The van der Waals surface area contributed by atoms with E-state index in [2.05, 4.69) is 11.4 Å². The first-order chi connectivity index (χ1) is 14.6. The average molecular weight is 446 g/mol. The molecular weight excluding hydrogens is 421 g/mol. The summed E-state index contributed by atoms with van der Waals surface area (Å²) >= 11 is 12.3. The number of hydrogen-bond acceptors (Lipinski definition) is 4. The van der Waals surface area contributed by atoms with E-state index in [4.69, 9.17) is 37.4 Å². The van der Waals surface area contributed by atoms with E-state index >= 15 is 0 Å². The van der Waals surface area contributed by atoms with Crippen molar-refractivity contribution in [3.8, 4) is 17.2 Å². The number of halogens is 2. The molecule has 3 aromatic rings. The predicted molar refractivity (Wildman–Crippen MR) is 122 cm³/mol. The van der Waals surface area contributed by atoms with Gasteiger partial charge in [0.25, 0.3) is 0 Å². The van der Waals surface area contributed by atoms with E-state index < -0.39 is 0 Å². The third-order valence-corrected chi connectivity index (χ3v) is 5.33. The molecule has 3 aromatic carbocycles. The van der Waals surface area contributed by atoms with Crippen molar-refractivity contribution in [1.29, 1.82) is 0 Å². The number of nitrogens with one attached hydrogen (secondary N) is 1. The molecule has 30 heavy (non-hydrogen) atoms. The Morgan fingerprint density at radius 1 is 0.800 bits per heavy atom. The topological polar surface area (TPSA) is 39.7 Å². The number of methoxy groups -OCH3 is 2. The standard InChI is InChI=1S/C24H25Cl2NO3/c1-28-22-8-4-3-6-17(22)12-13-27-15-18-7-5-9-23(29-2)24(18)30-16-19-10-11-20(25)14-21(19)26/h3-11,14,27H,12-13,15-16H2,1-2H3. The molecule has 6 heteroatoms. The molecule has 0 radical (unpaired) electrons. The predicted octanol–water partition coefficient (Wildman–Crippen LogP) is 5.92. The summed E-state index contributed by atoms with van der Waals surface area (Å²) in [6.45, 7) is 1.78. The fraction of sp³-hybridized carbons (Fsp3) is 0.250. The van der Waals surface area contributed by atoms with Crippen LogP contribution in [0.2, 0.25) is 10.0 Å². The quantitative estimate of drug-likeness (QED) is 0.393. The van der Waals surface area contributed by atoms with Crippen LogP contribution in [0.15, 0.2) is 60.7 Å². The molecule has 0 aliphatic rings.